The molecule has 0 bridgehead atoms. The summed E-state index contributed by atoms with van der Waals surface area (Å²) < 4.78 is 0. The van der Waals surface area contributed by atoms with Crippen LogP contribution in [0.3, 0.4) is 0 Å². The average molecular weight is 248 g/mol. The molecule has 1 aromatic carbocycles. The number of hydrogen-bond acceptors (Lipinski definition) is 1. The van der Waals surface area contributed by atoms with Gasteiger partial charge < -0.3 is 0 Å². The Labute approximate surface area is 99.9 Å². The van der Waals surface area contributed by atoms with Gasteiger partial charge in [0.25, 0.3) is 0 Å². The molecule has 16 heavy (non-hydrogen) atoms. The van der Waals surface area contributed by atoms with Crippen molar-refractivity contribution in [3.63, 3.8) is 0 Å². The van der Waals surface area contributed by atoms with Gasteiger partial charge >= 0.3 is 0 Å². The van der Waals surface area contributed by atoms with Gasteiger partial charge in [-0.2, -0.15) is 0 Å². The summed E-state index contributed by atoms with van der Waals surface area (Å²) in [5.74, 6) is 0. The molecule has 0 aromatic heterocycles. The van der Waals surface area contributed by atoms with Crippen molar-refractivity contribution < 1.29 is 4.79 Å². The first kappa shape index (κ1) is 11.8. The monoisotopic (exact) mass is 248 g/mol. The van der Waals surface area contributed by atoms with Crippen molar-refractivity contribution in [2.24, 2.45) is 0 Å². The van der Waals surface area contributed by atoms with E-state index in [9.17, 15) is 4.79 Å². The van der Waals surface area contributed by atoms with E-state index < -0.39 is 16.1 Å². The summed E-state index contributed by atoms with van der Waals surface area (Å²) >= 11 is 0. The van der Waals surface area contributed by atoms with Crippen molar-refractivity contribution in [3.05, 3.63) is 23.8 Å². The predicted octanol–water partition coefficient (Wildman–Crippen LogP) is 2.34. The van der Waals surface area contributed by atoms with Crippen LogP contribution in [0, 0.1) is 0 Å². The molecule has 1 aliphatic heterocycles. The smallest absolute Gasteiger partial charge is 0.150 e. The van der Waals surface area contributed by atoms with Gasteiger partial charge in [-0.1, -0.05) is 66.8 Å². The third-order valence-electron chi connectivity index (χ3n) is 4.01. The lowest BCUT2D eigenvalue weighted by molar-refractivity contribution is 0.112. The standard InChI is InChI=1S/C13H20OSi2/c1-15(2)7-8-16(3,4)13-9-11(10-14)5-6-12(13)15/h5-6,9-10H,7-8H2,1-4H3. The minimum Gasteiger partial charge on any atom is -0.298 e. The molecule has 0 N–H and O–H groups in total. The quantitative estimate of drug-likeness (QED) is 0.551. The fourth-order valence-corrected chi connectivity index (χ4v) is 13.0. The van der Waals surface area contributed by atoms with Crippen LogP contribution in [-0.4, -0.2) is 22.4 Å². The molecule has 0 unspecified atom stereocenters. The van der Waals surface area contributed by atoms with E-state index in [1.54, 1.807) is 10.4 Å². The van der Waals surface area contributed by atoms with Crippen LogP contribution in [0.2, 0.25) is 38.3 Å². The Morgan fingerprint density at radius 1 is 1.00 bits per heavy atom. The van der Waals surface area contributed by atoms with Crippen LogP contribution in [0.25, 0.3) is 0 Å². The fourth-order valence-electron chi connectivity index (χ4n) is 2.68. The Balaban J connectivity index is 2.65. The van der Waals surface area contributed by atoms with Gasteiger partial charge in [0.1, 0.15) is 6.29 Å². The summed E-state index contributed by atoms with van der Waals surface area (Å²) in [5, 5.41) is 3.17. The molecule has 1 aliphatic rings. The summed E-state index contributed by atoms with van der Waals surface area (Å²) in [7, 11) is -2.49. The lowest BCUT2D eigenvalue weighted by Crippen LogP contribution is -2.63. The molecule has 86 valence electrons. The normalized spacial score (nSPS) is 21.2. The van der Waals surface area contributed by atoms with Crippen molar-refractivity contribution in [1.29, 1.82) is 0 Å². The number of carbonyl (C=O) groups excluding carboxylic acids is 1. The average Bonchev–Trinajstić information content (AvgIpc) is 2.24. The van der Waals surface area contributed by atoms with Crippen molar-refractivity contribution in [2.75, 3.05) is 0 Å². The van der Waals surface area contributed by atoms with Gasteiger partial charge in [-0.15, -0.1) is 0 Å². The van der Waals surface area contributed by atoms with Crippen LogP contribution in [0.1, 0.15) is 10.4 Å². The number of benzene rings is 1. The number of fused-ring (bicyclic) bond motifs is 1. The topological polar surface area (TPSA) is 17.1 Å². The molecule has 0 radical (unpaired) electrons. The van der Waals surface area contributed by atoms with E-state index in [1.807, 2.05) is 6.07 Å². The number of aldehydes is 1. The Morgan fingerprint density at radius 2 is 1.56 bits per heavy atom. The summed E-state index contributed by atoms with van der Waals surface area (Å²) in [6.45, 7) is 9.78. The second kappa shape index (κ2) is 3.67. The highest BCUT2D eigenvalue weighted by atomic mass is 28.3. The lowest BCUT2D eigenvalue weighted by atomic mass is 10.2. The summed E-state index contributed by atoms with van der Waals surface area (Å²) in [5.41, 5.74) is 0.853. The summed E-state index contributed by atoms with van der Waals surface area (Å²) in [6, 6.07) is 9.21. The molecule has 0 fully saturated rings. The van der Waals surface area contributed by atoms with E-state index in [0.717, 1.165) is 11.8 Å². The zero-order valence-electron chi connectivity index (χ0n) is 10.6. The van der Waals surface area contributed by atoms with Gasteiger partial charge in [-0.3, -0.25) is 4.79 Å². The highest BCUT2D eigenvalue weighted by Crippen LogP contribution is 2.25. The van der Waals surface area contributed by atoms with E-state index in [2.05, 4.69) is 38.3 Å². The highest BCUT2D eigenvalue weighted by molar-refractivity contribution is 7.03. The molecule has 2 rings (SSSR count). The van der Waals surface area contributed by atoms with E-state index in [1.165, 1.54) is 12.1 Å². The second-order valence-electron chi connectivity index (χ2n) is 6.19. The summed E-state index contributed by atoms with van der Waals surface area (Å²) in [4.78, 5) is 10.9. The Bertz CT molecular complexity index is 436. The van der Waals surface area contributed by atoms with Gasteiger partial charge in [0.2, 0.25) is 0 Å². The van der Waals surface area contributed by atoms with Crippen LogP contribution in [0.4, 0.5) is 0 Å². The van der Waals surface area contributed by atoms with Crippen LogP contribution >= 0.6 is 0 Å². The molecule has 0 saturated carbocycles. The Kier molecular flexibility index (Phi) is 2.71. The van der Waals surface area contributed by atoms with Crippen molar-refractivity contribution in [2.45, 2.75) is 38.3 Å². The minimum absolute atomic E-state index is 0.853. The largest absolute Gasteiger partial charge is 0.298 e. The maximum Gasteiger partial charge on any atom is 0.150 e. The van der Waals surface area contributed by atoms with Gasteiger partial charge in [0.05, 0.1) is 16.1 Å². The molecule has 1 heterocycles. The molecule has 0 spiro atoms. The van der Waals surface area contributed by atoms with Crippen molar-refractivity contribution >= 4 is 32.8 Å². The Morgan fingerprint density at radius 3 is 2.12 bits per heavy atom. The third kappa shape index (κ3) is 1.82. The molecule has 0 atom stereocenters. The van der Waals surface area contributed by atoms with Gasteiger partial charge in [-0.25, -0.2) is 0 Å². The third-order valence-corrected chi connectivity index (χ3v) is 11.5. The van der Waals surface area contributed by atoms with E-state index >= 15 is 0 Å². The molecular weight excluding hydrogens is 228 g/mol. The first-order valence-electron chi connectivity index (χ1n) is 5.97. The van der Waals surface area contributed by atoms with E-state index in [4.69, 9.17) is 0 Å². The van der Waals surface area contributed by atoms with Crippen molar-refractivity contribution in [3.8, 4) is 0 Å². The predicted molar refractivity (Wildman–Crippen MR) is 75.7 cm³/mol. The lowest BCUT2D eigenvalue weighted by Gasteiger charge is -2.39. The first-order chi connectivity index (χ1) is 7.37. The second-order valence-corrected chi connectivity index (χ2v) is 15.8. The molecular formula is C13H20OSi2. The number of carbonyl (C=O) groups is 1. The molecule has 0 amide bonds. The molecule has 0 aliphatic carbocycles. The van der Waals surface area contributed by atoms with Gasteiger partial charge in [-0.05, 0) is 0 Å². The zero-order valence-corrected chi connectivity index (χ0v) is 12.6. The molecule has 1 nitrogen and oxygen atoms in total. The SMILES string of the molecule is C[Si]1(C)CC[Si](C)(C)c2cc(C=O)ccc21. The summed E-state index contributed by atoms with van der Waals surface area (Å²) in [6.07, 6.45) is 0.980. The number of rotatable bonds is 1. The maximum absolute atomic E-state index is 10.9. The Hall–Kier alpha value is -0.676. The van der Waals surface area contributed by atoms with E-state index in [0.29, 0.717) is 0 Å². The minimum atomic E-state index is -1.27. The molecule has 3 heteroatoms. The van der Waals surface area contributed by atoms with E-state index in [-0.39, 0.29) is 0 Å². The van der Waals surface area contributed by atoms with Crippen molar-refractivity contribution in [1.82, 2.24) is 0 Å². The van der Waals surface area contributed by atoms with Crippen LogP contribution in [0.5, 0.6) is 0 Å². The van der Waals surface area contributed by atoms with Crippen LogP contribution in [0.15, 0.2) is 18.2 Å². The van der Waals surface area contributed by atoms with Crippen LogP contribution < -0.4 is 10.4 Å². The molecule has 1 aromatic rings. The maximum atomic E-state index is 10.9. The zero-order chi connectivity index (χ0) is 12.0. The van der Waals surface area contributed by atoms with Gasteiger partial charge in [0, 0.05) is 5.56 Å². The van der Waals surface area contributed by atoms with Gasteiger partial charge in [0.15, 0.2) is 0 Å². The molecule has 0 saturated heterocycles. The fraction of sp³-hybridized carbons (Fsp3) is 0.462. The highest BCUT2D eigenvalue weighted by Gasteiger charge is 2.39. The first-order valence-corrected chi connectivity index (χ1v) is 12.4. The number of hydrogen-bond donors (Lipinski definition) is 0. The van der Waals surface area contributed by atoms with Crippen LogP contribution in [-0.2, 0) is 0 Å².